The molecule has 3 heteroatoms. The van der Waals surface area contributed by atoms with E-state index in [1.54, 1.807) is 0 Å². The lowest BCUT2D eigenvalue weighted by Crippen LogP contribution is -1.98. The quantitative estimate of drug-likeness (QED) is 0.528. The van der Waals surface area contributed by atoms with Gasteiger partial charge in [0, 0.05) is 25.1 Å². The molecule has 0 N–H and O–H groups in total. The molecule has 0 bridgehead atoms. The smallest absolute Gasteiger partial charge is 0.119 e. The van der Waals surface area contributed by atoms with Gasteiger partial charge in [-0.05, 0) is 38.2 Å². The third kappa shape index (κ3) is 2.67. The van der Waals surface area contributed by atoms with Crippen LogP contribution in [0.3, 0.4) is 0 Å². The van der Waals surface area contributed by atoms with E-state index in [9.17, 15) is 4.79 Å². The molecule has 0 spiro atoms. The normalized spacial score (nSPS) is 15.5. The highest BCUT2D eigenvalue weighted by atomic mass is 16.1. The minimum Gasteiger partial charge on any atom is -0.303 e. The van der Waals surface area contributed by atoms with Gasteiger partial charge in [-0.1, -0.05) is 0 Å². The van der Waals surface area contributed by atoms with E-state index >= 15 is 0 Å². The summed E-state index contributed by atoms with van der Waals surface area (Å²) in [5.74, 6) is 0.736. The molecule has 0 radical (unpaired) electrons. The fourth-order valence-electron chi connectivity index (χ4n) is 1.88. The molecule has 0 saturated heterocycles. The van der Waals surface area contributed by atoms with Crippen LogP contribution in [0, 0.1) is 0 Å². The van der Waals surface area contributed by atoms with Crippen molar-refractivity contribution in [2.24, 2.45) is 7.05 Å². The molecule has 82 valence electrons. The van der Waals surface area contributed by atoms with Gasteiger partial charge >= 0.3 is 0 Å². The van der Waals surface area contributed by atoms with Crippen LogP contribution in [-0.4, -0.2) is 16.1 Å². The number of hydrogen-bond acceptors (Lipinski definition) is 2. The fourth-order valence-corrected chi connectivity index (χ4v) is 1.88. The third-order valence-corrected chi connectivity index (χ3v) is 3.00. The Balaban J connectivity index is 1.86. The average molecular weight is 206 g/mol. The number of nitrogens with zero attached hydrogens (tertiary/aromatic N) is 2. The highest BCUT2D eigenvalue weighted by Gasteiger charge is 2.26. The number of aromatic nitrogens is 2. The molecule has 1 aromatic rings. The summed E-state index contributed by atoms with van der Waals surface area (Å²) in [6.07, 6.45) is 7.43. The van der Waals surface area contributed by atoms with Crippen LogP contribution in [0.15, 0.2) is 6.07 Å². The molecule has 0 aromatic carbocycles. The largest absolute Gasteiger partial charge is 0.303 e. The lowest BCUT2D eigenvalue weighted by Gasteiger charge is -1.99. The zero-order valence-corrected chi connectivity index (χ0v) is 9.28. The maximum absolute atomic E-state index is 10.2. The average Bonchev–Trinajstić information content (AvgIpc) is 3.00. The first-order chi connectivity index (χ1) is 7.31. The molecule has 2 rings (SSSR count). The summed E-state index contributed by atoms with van der Waals surface area (Å²) in [7, 11) is 2.01. The number of hydrogen-bond donors (Lipinski definition) is 0. The standard InChI is InChI=1S/C12H18N2O/c1-14-11(5-3-2-4-8-15)9-12(13-14)10-6-7-10/h8-10H,2-7H2,1H3. The van der Waals surface area contributed by atoms with Crippen LogP contribution in [0.25, 0.3) is 0 Å². The molecule has 1 aliphatic carbocycles. The maximum Gasteiger partial charge on any atom is 0.119 e. The summed E-state index contributed by atoms with van der Waals surface area (Å²) >= 11 is 0. The zero-order chi connectivity index (χ0) is 10.7. The van der Waals surface area contributed by atoms with Crippen LogP contribution in [-0.2, 0) is 18.3 Å². The molecule has 3 nitrogen and oxygen atoms in total. The SMILES string of the molecule is Cn1nc(C2CC2)cc1CCCCC=O. The lowest BCUT2D eigenvalue weighted by molar-refractivity contribution is -0.107. The van der Waals surface area contributed by atoms with Crippen LogP contribution in [0.1, 0.15) is 49.4 Å². The molecule has 1 aromatic heterocycles. The van der Waals surface area contributed by atoms with E-state index in [0.717, 1.165) is 31.5 Å². The molecule has 0 atom stereocenters. The predicted molar refractivity (Wildman–Crippen MR) is 58.8 cm³/mol. The summed E-state index contributed by atoms with van der Waals surface area (Å²) < 4.78 is 1.99. The number of unbranched alkanes of at least 4 members (excludes halogenated alkanes) is 2. The maximum atomic E-state index is 10.2. The number of carbonyl (C=O) groups excluding carboxylic acids is 1. The van der Waals surface area contributed by atoms with Crippen molar-refractivity contribution >= 4 is 6.29 Å². The van der Waals surface area contributed by atoms with Gasteiger partial charge in [0.2, 0.25) is 0 Å². The molecular weight excluding hydrogens is 188 g/mol. The van der Waals surface area contributed by atoms with E-state index < -0.39 is 0 Å². The van der Waals surface area contributed by atoms with Crippen molar-refractivity contribution in [2.45, 2.75) is 44.4 Å². The predicted octanol–water partition coefficient (Wildman–Crippen LogP) is 2.21. The Morgan fingerprint density at radius 2 is 2.33 bits per heavy atom. The molecular formula is C12H18N2O. The van der Waals surface area contributed by atoms with Gasteiger partial charge in [0.15, 0.2) is 0 Å². The Labute approximate surface area is 90.5 Å². The van der Waals surface area contributed by atoms with Crippen molar-refractivity contribution in [3.63, 3.8) is 0 Å². The van der Waals surface area contributed by atoms with Gasteiger partial charge in [0.25, 0.3) is 0 Å². The summed E-state index contributed by atoms with van der Waals surface area (Å²) in [6.45, 7) is 0. The van der Waals surface area contributed by atoms with Crippen molar-refractivity contribution in [2.75, 3.05) is 0 Å². The summed E-state index contributed by atoms with van der Waals surface area (Å²) in [5.41, 5.74) is 2.57. The number of aldehydes is 1. The first-order valence-electron chi connectivity index (χ1n) is 5.77. The Bertz CT molecular complexity index is 339. The molecule has 0 unspecified atom stereocenters. The van der Waals surface area contributed by atoms with Crippen molar-refractivity contribution < 1.29 is 4.79 Å². The first-order valence-corrected chi connectivity index (χ1v) is 5.77. The van der Waals surface area contributed by atoms with Crippen LogP contribution in [0.4, 0.5) is 0 Å². The molecule has 1 heterocycles. The highest BCUT2D eigenvalue weighted by Crippen LogP contribution is 2.39. The Morgan fingerprint density at radius 1 is 1.53 bits per heavy atom. The second-order valence-corrected chi connectivity index (χ2v) is 4.37. The summed E-state index contributed by atoms with van der Waals surface area (Å²) in [4.78, 5) is 10.2. The van der Waals surface area contributed by atoms with Gasteiger partial charge in [-0.15, -0.1) is 0 Å². The highest BCUT2D eigenvalue weighted by molar-refractivity contribution is 5.48. The van der Waals surface area contributed by atoms with E-state index in [4.69, 9.17) is 0 Å². The van der Waals surface area contributed by atoms with Crippen molar-refractivity contribution in [3.8, 4) is 0 Å². The summed E-state index contributed by atoms with van der Waals surface area (Å²) in [6, 6.07) is 2.23. The van der Waals surface area contributed by atoms with E-state index in [2.05, 4.69) is 11.2 Å². The lowest BCUT2D eigenvalue weighted by atomic mass is 10.1. The zero-order valence-electron chi connectivity index (χ0n) is 9.28. The molecule has 1 saturated carbocycles. The van der Waals surface area contributed by atoms with E-state index in [0.29, 0.717) is 6.42 Å². The third-order valence-electron chi connectivity index (χ3n) is 3.00. The second kappa shape index (κ2) is 4.60. The number of aryl methyl sites for hydroxylation is 2. The van der Waals surface area contributed by atoms with Crippen molar-refractivity contribution in [1.29, 1.82) is 0 Å². The monoisotopic (exact) mass is 206 g/mol. The van der Waals surface area contributed by atoms with Gasteiger partial charge in [-0.2, -0.15) is 5.10 Å². The Morgan fingerprint density at radius 3 is 3.00 bits per heavy atom. The van der Waals surface area contributed by atoms with Gasteiger partial charge < -0.3 is 4.79 Å². The van der Waals surface area contributed by atoms with Crippen LogP contribution < -0.4 is 0 Å². The second-order valence-electron chi connectivity index (χ2n) is 4.37. The molecule has 1 aliphatic rings. The van der Waals surface area contributed by atoms with Crippen molar-refractivity contribution in [3.05, 3.63) is 17.5 Å². The number of carbonyl (C=O) groups is 1. The van der Waals surface area contributed by atoms with Gasteiger partial charge in [-0.3, -0.25) is 4.68 Å². The first kappa shape index (κ1) is 10.4. The molecule has 0 aliphatic heterocycles. The molecule has 1 fully saturated rings. The Kier molecular flexibility index (Phi) is 3.19. The van der Waals surface area contributed by atoms with E-state index in [-0.39, 0.29) is 0 Å². The van der Waals surface area contributed by atoms with Crippen LogP contribution >= 0.6 is 0 Å². The van der Waals surface area contributed by atoms with Crippen LogP contribution in [0.2, 0.25) is 0 Å². The van der Waals surface area contributed by atoms with E-state index in [1.807, 2.05) is 11.7 Å². The minimum absolute atomic E-state index is 0.688. The topological polar surface area (TPSA) is 34.9 Å². The van der Waals surface area contributed by atoms with Crippen LogP contribution in [0.5, 0.6) is 0 Å². The molecule has 0 amide bonds. The van der Waals surface area contributed by atoms with E-state index in [1.165, 1.54) is 24.2 Å². The minimum atomic E-state index is 0.688. The van der Waals surface area contributed by atoms with Gasteiger partial charge in [0.05, 0.1) is 5.69 Å². The Hall–Kier alpha value is -1.12. The van der Waals surface area contributed by atoms with Gasteiger partial charge in [0.1, 0.15) is 6.29 Å². The van der Waals surface area contributed by atoms with Gasteiger partial charge in [-0.25, -0.2) is 0 Å². The summed E-state index contributed by atoms with van der Waals surface area (Å²) in [5, 5.41) is 4.52. The fraction of sp³-hybridized carbons (Fsp3) is 0.667. The number of rotatable bonds is 6. The van der Waals surface area contributed by atoms with Crippen molar-refractivity contribution in [1.82, 2.24) is 9.78 Å². The molecule has 15 heavy (non-hydrogen) atoms.